The van der Waals surface area contributed by atoms with Gasteiger partial charge in [0.15, 0.2) is 0 Å². The molecule has 0 amide bonds. The van der Waals surface area contributed by atoms with Gasteiger partial charge < -0.3 is 10.6 Å². The van der Waals surface area contributed by atoms with Crippen LogP contribution in [-0.2, 0) is 10.0 Å². The molecular weight excluding hydrogens is 262 g/mol. The molecule has 0 aromatic carbocycles. The molecule has 1 aliphatic heterocycles. The molecule has 17 heavy (non-hydrogen) atoms. The summed E-state index contributed by atoms with van der Waals surface area (Å²) in [6.07, 6.45) is 0. The maximum atomic E-state index is 11.7. The zero-order valence-electron chi connectivity index (χ0n) is 9.53. The summed E-state index contributed by atoms with van der Waals surface area (Å²) in [6, 6.07) is 0. The van der Waals surface area contributed by atoms with Crippen LogP contribution in [-0.4, -0.2) is 54.9 Å². The average molecular weight is 277 g/mol. The number of nitrogens with zero attached hydrogens (tertiary/aromatic N) is 4. The molecule has 2 heterocycles. The van der Waals surface area contributed by atoms with E-state index in [9.17, 15) is 8.42 Å². The lowest BCUT2D eigenvalue weighted by Crippen LogP contribution is -2.49. The molecule has 2 rings (SSSR count). The van der Waals surface area contributed by atoms with Crippen molar-refractivity contribution in [3.8, 4) is 0 Å². The van der Waals surface area contributed by atoms with Crippen LogP contribution >= 0.6 is 11.3 Å². The van der Waals surface area contributed by atoms with Crippen LogP contribution in [0.1, 0.15) is 6.92 Å². The summed E-state index contributed by atoms with van der Waals surface area (Å²) in [7, 11) is -3.07. The summed E-state index contributed by atoms with van der Waals surface area (Å²) in [6.45, 7) is 3.92. The topological polar surface area (TPSA) is 92.4 Å². The van der Waals surface area contributed by atoms with Gasteiger partial charge in [-0.3, -0.25) is 0 Å². The summed E-state index contributed by atoms with van der Waals surface area (Å²) < 4.78 is 24.8. The first-order valence-corrected chi connectivity index (χ1v) is 7.77. The number of hydrogen-bond acceptors (Lipinski definition) is 7. The first-order chi connectivity index (χ1) is 8.03. The molecule has 0 unspecified atom stereocenters. The van der Waals surface area contributed by atoms with Gasteiger partial charge >= 0.3 is 0 Å². The van der Waals surface area contributed by atoms with Gasteiger partial charge in [-0.05, 0) is 6.92 Å². The number of piperazine rings is 1. The molecule has 0 bridgehead atoms. The lowest BCUT2D eigenvalue weighted by Gasteiger charge is -2.33. The van der Waals surface area contributed by atoms with Gasteiger partial charge in [-0.2, -0.15) is 4.31 Å². The normalized spacial score (nSPS) is 18.5. The number of hydrogen-bond donors (Lipinski definition) is 1. The van der Waals surface area contributed by atoms with E-state index in [0.29, 0.717) is 31.3 Å². The van der Waals surface area contributed by atoms with E-state index in [1.807, 2.05) is 4.90 Å². The highest BCUT2D eigenvalue weighted by atomic mass is 32.2. The third-order valence-electron chi connectivity index (χ3n) is 2.70. The summed E-state index contributed by atoms with van der Waals surface area (Å²) in [4.78, 5) is 2.01. The smallest absolute Gasteiger partial charge is 0.213 e. The van der Waals surface area contributed by atoms with Crippen molar-refractivity contribution in [2.75, 3.05) is 42.6 Å². The van der Waals surface area contributed by atoms with E-state index in [0.717, 1.165) is 5.13 Å². The minimum atomic E-state index is -3.07. The third kappa shape index (κ3) is 2.67. The van der Waals surface area contributed by atoms with Crippen LogP contribution in [0.15, 0.2) is 0 Å². The van der Waals surface area contributed by atoms with Crippen LogP contribution < -0.4 is 10.6 Å². The fraction of sp³-hybridized carbons (Fsp3) is 0.750. The highest BCUT2D eigenvalue weighted by Gasteiger charge is 2.26. The molecule has 96 valence electrons. The van der Waals surface area contributed by atoms with Crippen molar-refractivity contribution in [1.82, 2.24) is 14.5 Å². The number of rotatable bonds is 3. The largest absolute Gasteiger partial charge is 0.374 e. The minimum absolute atomic E-state index is 0.152. The van der Waals surface area contributed by atoms with Gasteiger partial charge in [0.25, 0.3) is 0 Å². The Morgan fingerprint density at radius 2 is 1.94 bits per heavy atom. The highest BCUT2D eigenvalue weighted by molar-refractivity contribution is 7.89. The minimum Gasteiger partial charge on any atom is -0.374 e. The van der Waals surface area contributed by atoms with Gasteiger partial charge in [0.2, 0.25) is 20.3 Å². The van der Waals surface area contributed by atoms with Crippen molar-refractivity contribution >= 4 is 31.6 Å². The Kier molecular flexibility index (Phi) is 3.50. The molecule has 0 aliphatic carbocycles. The molecule has 9 heteroatoms. The predicted octanol–water partition coefficient (Wildman–Crippen LogP) is -0.408. The van der Waals surface area contributed by atoms with E-state index < -0.39 is 10.0 Å². The summed E-state index contributed by atoms with van der Waals surface area (Å²) in [5.41, 5.74) is 5.52. The Bertz CT molecular complexity index is 478. The monoisotopic (exact) mass is 277 g/mol. The lowest BCUT2D eigenvalue weighted by molar-refractivity contribution is 0.385. The van der Waals surface area contributed by atoms with Gasteiger partial charge in [-0.25, -0.2) is 8.42 Å². The van der Waals surface area contributed by atoms with E-state index >= 15 is 0 Å². The fourth-order valence-electron chi connectivity index (χ4n) is 1.69. The molecule has 7 nitrogen and oxygen atoms in total. The second-order valence-electron chi connectivity index (χ2n) is 3.71. The van der Waals surface area contributed by atoms with Gasteiger partial charge in [0, 0.05) is 26.2 Å². The van der Waals surface area contributed by atoms with E-state index in [-0.39, 0.29) is 5.75 Å². The zero-order chi connectivity index (χ0) is 12.5. The number of anilines is 2. The molecule has 1 aromatic heterocycles. The van der Waals surface area contributed by atoms with E-state index in [2.05, 4.69) is 10.2 Å². The van der Waals surface area contributed by atoms with E-state index in [4.69, 9.17) is 5.73 Å². The fourth-order valence-corrected chi connectivity index (χ4v) is 3.44. The Morgan fingerprint density at radius 3 is 2.41 bits per heavy atom. The maximum Gasteiger partial charge on any atom is 0.213 e. The molecule has 1 aliphatic rings. The summed E-state index contributed by atoms with van der Waals surface area (Å²) in [5.74, 6) is 0.152. The first-order valence-electron chi connectivity index (χ1n) is 5.34. The van der Waals surface area contributed by atoms with Gasteiger partial charge in [0.05, 0.1) is 5.75 Å². The molecule has 0 atom stereocenters. The number of aromatic nitrogens is 2. The summed E-state index contributed by atoms with van der Waals surface area (Å²) >= 11 is 1.32. The molecule has 1 aromatic rings. The van der Waals surface area contributed by atoms with Crippen molar-refractivity contribution in [3.05, 3.63) is 0 Å². The van der Waals surface area contributed by atoms with Gasteiger partial charge in [0.1, 0.15) is 0 Å². The second-order valence-corrected chi connectivity index (χ2v) is 6.95. The van der Waals surface area contributed by atoms with Crippen LogP contribution in [0.4, 0.5) is 10.3 Å². The van der Waals surface area contributed by atoms with Crippen LogP contribution in [0.5, 0.6) is 0 Å². The van der Waals surface area contributed by atoms with E-state index in [1.54, 1.807) is 6.92 Å². The molecule has 0 saturated carbocycles. The van der Waals surface area contributed by atoms with Crippen LogP contribution in [0, 0.1) is 0 Å². The highest BCUT2D eigenvalue weighted by Crippen LogP contribution is 2.23. The van der Waals surface area contributed by atoms with E-state index in [1.165, 1.54) is 15.6 Å². The Balaban J connectivity index is 1.99. The predicted molar refractivity (Wildman–Crippen MR) is 67.6 cm³/mol. The van der Waals surface area contributed by atoms with Crippen LogP contribution in [0.25, 0.3) is 0 Å². The Labute approximate surface area is 104 Å². The van der Waals surface area contributed by atoms with Crippen molar-refractivity contribution in [3.63, 3.8) is 0 Å². The van der Waals surface area contributed by atoms with Crippen molar-refractivity contribution < 1.29 is 8.42 Å². The molecule has 0 spiro atoms. The van der Waals surface area contributed by atoms with Gasteiger partial charge in [-0.15, -0.1) is 10.2 Å². The van der Waals surface area contributed by atoms with Crippen LogP contribution in [0.2, 0.25) is 0 Å². The number of nitrogen functional groups attached to an aromatic ring is 1. The Hall–Kier alpha value is -0.930. The molecule has 2 N–H and O–H groups in total. The summed E-state index contributed by atoms with van der Waals surface area (Å²) in [5, 5.41) is 8.89. The number of nitrogens with two attached hydrogens (primary N) is 1. The molecule has 1 saturated heterocycles. The standard InChI is InChI=1S/C8H15N5O2S2/c1-2-17(14,15)13-5-3-12(4-6-13)8-11-10-7(9)16-8/h2-6H2,1H3,(H2,9,10). The molecular formula is C8H15N5O2S2. The Morgan fingerprint density at radius 1 is 1.29 bits per heavy atom. The van der Waals surface area contributed by atoms with Crippen molar-refractivity contribution in [2.24, 2.45) is 0 Å². The first kappa shape index (κ1) is 12.5. The lowest BCUT2D eigenvalue weighted by atomic mass is 10.4. The third-order valence-corrected chi connectivity index (χ3v) is 5.39. The second kappa shape index (κ2) is 4.75. The van der Waals surface area contributed by atoms with Crippen LogP contribution in [0.3, 0.4) is 0 Å². The number of sulfonamides is 1. The SMILES string of the molecule is CCS(=O)(=O)N1CCN(c2nnc(N)s2)CC1. The maximum absolute atomic E-state index is 11.7. The van der Waals surface area contributed by atoms with Crippen molar-refractivity contribution in [1.29, 1.82) is 0 Å². The quantitative estimate of drug-likeness (QED) is 0.807. The molecule has 1 fully saturated rings. The van der Waals surface area contributed by atoms with Crippen molar-refractivity contribution in [2.45, 2.75) is 6.92 Å². The van der Waals surface area contributed by atoms with Gasteiger partial charge in [-0.1, -0.05) is 11.3 Å². The average Bonchev–Trinajstić information content (AvgIpc) is 2.76. The zero-order valence-corrected chi connectivity index (χ0v) is 11.2. The molecule has 0 radical (unpaired) electrons.